The number of amides is 1. The highest BCUT2D eigenvalue weighted by Gasteiger charge is 2.26. The van der Waals surface area contributed by atoms with E-state index in [1.807, 2.05) is 26.2 Å². The molecule has 0 aliphatic heterocycles. The van der Waals surface area contributed by atoms with Gasteiger partial charge >= 0.3 is 5.97 Å². The SMILES string of the molecule is Cc1csc(C(C)(C)NC(=O)c2cccc(C(=O)O)c2)n1. The Bertz CT molecular complexity index is 692. The Morgan fingerprint density at radius 2 is 1.95 bits per heavy atom. The smallest absolute Gasteiger partial charge is 0.335 e. The van der Waals surface area contributed by atoms with Crippen LogP contribution in [0.2, 0.25) is 0 Å². The highest BCUT2D eigenvalue weighted by Crippen LogP contribution is 2.24. The second-order valence-electron chi connectivity index (χ2n) is 5.26. The second kappa shape index (κ2) is 5.65. The fourth-order valence-corrected chi connectivity index (χ4v) is 2.72. The van der Waals surface area contributed by atoms with Gasteiger partial charge in [-0.05, 0) is 39.0 Å². The topological polar surface area (TPSA) is 79.3 Å². The first kappa shape index (κ1) is 15.2. The summed E-state index contributed by atoms with van der Waals surface area (Å²) in [5.74, 6) is -1.38. The van der Waals surface area contributed by atoms with Crippen molar-refractivity contribution in [1.82, 2.24) is 10.3 Å². The Labute approximate surface area is 126 Å². The number of carbonyl (C=O) groups excluding carboxylic acids is 1. The summed E-state index contributed by atoms with van der Waals surface area (Å²) >= 11 is 1.48. The fourth-order valence-electron chi connectivity index (χ4n) is 1.84. The molecule has 0 aliphatic rings. The number of rotatable bonds is 4. The van der Waals surface area contributed by atoms with Crippen LogP contribution >= 0.6 is 11.3 Å². The number of aryl methyl sites for hydroxylation is 1. The summed E-state index contributed by atoms with van der Waals surface area (Å²) in [6, 6.07) is 5.96. The Morgan fingerprint density at radius 3 is 2.52 bits per heavy atom. The summed E-state index contributed by atoms with van der Waals surface area (Å²) in [4.78, 5) is 27.6. The van der Waals surface area contributed by atoms with Crippen molar-refractivity contribution in [1.29, 1.82) is 0 Å². The van der Waals surface area contributed by atoms with E-state index in [4.69, 9.17) is 5.11 Å². The number of hydrogen-bond acceptors (Lipinski definition) is 4. The third-order valence-electron chi connectivity index (χ3n) is 2.95. The van der Waals surface area contributed by atoms with Crippen molar-refractivity contribution >= 4 is 23.2 Å². The summed E-state index contributed by atoms with van der Waals surface area (Å²) in [7, 11) is 0. The van der Waals surface area contributed by atoms with Crippen molar-refractivity contribution in [2.75, 3.05) is 0 Å². The van der Waals surface area contributed by atoms with Crippen LogP contribution in [0.25, 0.3) is 0 Å². The molecule has 2 aromatic rings. The molecule has 1 amide bonds. The maximum atomic E-state index is 12.3. The molecule has 21 heavy (non-hydrogen) atoms. The maximum Gasteiger partial charge on any atom is 0.335 e. The summed E-state index contributed by atoms with van der Waals surface area (Å²) in [5.41, 5.74) is 0.696. The maximum absolute atomic E-state index is 12.3. The number of carboxylic acids is 1. The predicted octanol–water partition coefficient (Wildman–Crippen LogP) is 2.81. The van der Waals surface area contributed by atoms with Gasteiger partial charge in [0.2, 0.25) is 0 Å². The van der Waals surface area contributed by atoms with Crippen LogP contribution in [0.3, 0.4) is 0 Å². The van der Waals surface area contributed by atoms with Gasteiger partial charge in [0, 0.05) is 16.6 Å². The van der Waals surface area contributed by atoms with Crippen LogP contribution in [-0.4, -0.2) is 22.0 Å². The standard InChI is InChI=1S/C15H16N2O3S/c1-9-8-21-14(16-9)15(2,3)17-12(18)10-5-4-6-11(7-10)13(19)20/h4-8H,1-3H3,(H,17,18)(H,19,20). The molecule has 0 spiro atoms. The van der Waals surface area contributed by atoms with E-state index in [0.717, 1.165) is 10.7 Å². The van der Waals surface area contributed by atoms with Crippen LogP contribution in [-0.2, 0) is 5.54 Å². The first-order valence-electron chi connectivity index (χ1n) is 6.38. The highest BCUT2D eigenvalue weighted by molar-refractivity contribution is 7.09. The minimum absolute atomic E-state index is 0.0885. The van der Waals surface area contributed by atoms with Crippen LogP contribution in [0.5, 0.6) is 0 Å². The normalized spacial score (nSPS) is 11.2. The minimum Gasteiger partial charge on any atom is -0.478 e. The number of carbonyl (C=O) groups is 2. The van der Waals surface area contributed by atoms with E-state index in [2.05, 4.69) is 10.3 Å². The molecule has 0 saturated heterocycles. The number of nitrogens with one attached hydrogen (secondary N) is 1. The summed E-state index contributed by atoms with van der Waals surface area (Å²) in [6.45, 7) is 5.63. The zero-order valence-corrected chi connectivity index (χ0v) is 12.8. The van der Waals surface area contributed by atoms with Crippen LogP contribution in [0, 0.1) is 6.92 Å². The van der Waals surface area contributed by atoms with Gasteiger partial charge in [0.1, 0.15) is 5.01 Å². The van der Waals surface area contributed by atoms with Crippen molar-refractivity contribution < 1.29 is 14.7 Å². The molecule has 1 aromatic heterocycles. The lowest BCUT2D eigenvalue weighted by Crippen LogP contribution is -2.41. The lowest BCUT2D eigenvalue weighted by Gasteiger charge is -2.24. The molecule has 5 nitrogen and oxygen atoms in total. The Morgan fingerprint density at radius 1 is 1.29 bits per heavy atom. The third kappa shape index (κ3) is 3.46. The molecule has 1 aromatic carbocycles. The summed E-state index contributed by atoms with van der Waals surface area (Å²) < 4.78 is 0. The van der Waals surface area contributed by atoms with E-state index in [9.17, 15) is 9.59 Å². The van der Waals surface area contributed by atoms with E-state index >= 15 is 0 Å². The zero-order chi connectivity index (χ0) is 15.6. The van der Waals surface area contributed by atoms with Crippen LogP contribution in [0.15, 0.2) is 29.6 Å². The number of thiazole rings is 1. The number of aromatic nitrogens is 1. The Hall–Kier alpha value is -2.21. The second-order valence-corrected chi connectivity index (χ2v) is 6.12. The van der Waals surface area contributed by atoms with E-state index in [-0.39, 0.29) is 11.5 Å². The van der Waals surface area contributed by atoms with Crippen molar-refractivity contribution in [3.8, 4) is 0 Å². The molecule has 0 fully saturated rings. The van der Waals surface area contributed by atoms with E-state index < -0.39 is 11.5 Å². The highest BCUT2D eigenvalue weighted by atomic mass is 32.1. The van der Waals surface area contributed by atoms with Gasteiger partial charge in [0.25, 0.3) is 5.91 Å². The molecular weight excluding hydrogens is 288 g/mol. The molecular formula is C15H16N2O3S. The molecule has 0 unspecified atom stereocenters. The number of carboxylic acid groups (broad SMARTS) is 1. The summed E-state index contributed by atoms with van der Waals surface area (Å²) in [5, 5.41) is 14.6. The molecule has 0 bridgehead atoms. The van der Waals surface area contributed by atoms with Gasteiger partial charge in [-0.2, -0.15) is 0 Å². The Kier molecular flexibility index (Phi) is 4.09. The minimum atomic E-state index is -1.06. The van der Waals surface area contributed by atoms with Gasteiger partial charge in [0.05, 0.1) is 11.1 Å². The molecule has 6 heteroatoms. The van der Waals surface area contributed by atoms with Gasteiger partial charge in [0.15, 0.2) is 0 Å². The average Bonchev–Trinajstić information content (AvgIpc) is 2.86. The largest absolute Gasteiger partial charge is 0.478 e. The van der Waals surface area contributed by atoms with E-state index in [0.29, 0.717) is 5.56 Å². The molecule has 0 atom stereocenters. The zero-order valence-electron chi connectivity index (χ0n) is 12.0. The first-order chi connectivity index (χ1) is 9.79. The summed E-state index contributed by atoms with van der Waals surface area (Å²) in [6.07, 6.45) is 0. The molecule has 0 aliphatic carbocycles. The van der Waals surface area contributed by atoms with E-state index in [1.165, 1.54) is 23.5 Å². The fraction of sp³-hybridized carbons (Fsp3) is 0.267. The van der Waals surface area contributed by atoms with Crippen LogP contribution in [0.4, 0.5) is 0 Å². The van der Waals surface area contributed by atoms with Crippen LogP contribution in [0.1, 0.15) is 45.3 Å². The lowest BCUT2D eigenvalue weighted by molar-refractivity contribution is 0.0697. The van der Waals surface area contributed by atoms with Crippen molar-refractivity contribution in [3.63, 3.8) is 0 Å². The number of nitrogens with zero attached hydrogens (tertiary/aromatic N) is 1. The molecule has 2 N–H and O–H groups in total. The Balaban J connectivity index is 2.21. The van der Waals surface area contributed by atoms with Crippen molar-refractivity contribution in [3.05, 3.63) is 51.5 Å². The van der Waals surface area contributed by atoms with Gasteiger partial charge in [-0.25, -0.2) is 9.78 Å². The monoisotopic (exact) mass is 304 g/mol. The van der Waals surface area contributed by atoms with E-state index in [1.54, 1.807) is 12.1 Å². The number of hydrogen-bond donors (Lipinski definition) is 2. The molecule has 0 radical (unpaired) electrons. The molecule has 1 heterocycles. The molecule has 110 valence electrons. The van der Waals surface area contributed by atoms with Gasteiger partial charge in [-0.3, -0.25) is 4.79 Å². The third-order valence-corrected chi connectivity index (χ3v) is 4.24. The number of benzene rings is 1. The van der Waals surface area contributed by atoms with Gasteiger partial charge in [-0.1, -0.05) is 6.07 Å². The lowest BCUT2D eigenvalue weighted by atomic mass is 10.0. The van der Waals surface area contributed by atoms with Crippen LogP contribution < -0.4 is 5.32 Å². The molecule has 2 rings (SSSR count). The predicted molar refractivity (Wildman–Crippen MR) is 80.7 cm³/mol. The average molecular weight is 304 g/mol. The first-order valence-corrected chi connectivity index (χ1v) is 7.26. The van der Waals surface area contributed by atoms with Crippen molar-refractivity contribution in [2.45, 2.75) is 26.3 Å². The van der Waals surface area contributed by atoms with Gasteiger partial charge < -0.3 is 10.4 Å². The van der Waals surface area contributed by atoms with Crippen molar-refractivity contribution in [2.24, 2.45) is 0 Å². The van der Waals surface area contributed by atoms with Gasteiger partial charge in [-0.15, -0.1) is 11.3 Å². The quantitative estimate of drug-likeness (QED) is 0.910. The molecule has 0 saturated carbocycles. The number of aromatic carboxylic acids is 1.